The minimum Gasteiger partial charge on any atom is -0.294 e. The van der Waals surface area contributed by atoms with Gasteiger partial charge in [-0.2, -0.15) is 5.10 Å². The smallest absolute Gasteiger partial charge is 0.164 e. The molecule has 0 bridgehead atoms. The highest BCUT2D eigenvalue weighted by atomic mass is 127. The predicted molar refractivity (Wildman–Crippen MR) is 64.9 cm³/mol. The third-order valence-corrected chi connectivity index (χ3v) is 4.46. The summed E-state index contributed by atoms with van der Waals surface area (Å²) >= 11 is 2.18. The number of ketones is 1. The average Bonchev–Trinajstić information content (AvgIpc) is 2.80. The van der Waals surface area contributed by atoms with Crippen molar-refractivity contribution < 1.29 is 4.79 Å². The van der Waals surface area contributed by atoms with Crippen LogP contribution >= 0.6 is 22.6 Å². The van der Waals surface area contributed by atoms with Gasteiger partial charge in [0.05, 0.1) is 11.3 Å². The van der Waals surface area contributed by atoms with Gasteiger partial charge in [0.2, 0.25) is 0 Å². The van der Waals surface area contributed by atoms with Gasteiger partial charge < -0.3 is 0 Å². The van der Waals surface area contributed by atoms with Crippen LogP contribution in [-0.4, -0.2) is 15.6 Å². The topological polar surface area (TPSA) is 34.9 Å². The summed E-state index contributed by atoms with van der Waals surface area (Å²) in [6.07, 6.45) is 4.97. The van der Waals surface area contributed by atoms with Crippen molar-refractivity contribution >= 4 is 28.4 Å². The molecule has 1 aromatic rings. The van der Waals surface area contributed by atoms with Gasteiger partial charge in [-0.05, 0) is 60.6 Å². The third kappa shape index (κ3) is 1.45. The molecule has 3 nitrogen and oxygen atoms in total. The number of fused-ring (bicyclic) bond motifs is 1. The van der Waals surface area contributed by atoms with Crippen LogP contribution in [-0.2, 0) is 13.0 Å². The molecule has 1 aliphatic heterocycles. The second-order valence-electron chi connectivity index (χ2n) is 4.83. The Morgan fingerprint density at radius 3 is 2.80 bits per heavy atom. The van der Waals surface area contributed by atoms with E-state index < -0.39 is 0 Å². The molecule has 0 saturated heterocycles. The summed E-state index contributed by atoms with van der Waals surface area (Å²) < 4.78 is 2.96. The van der Waals surface area contributed by atoms with E-state index in [1.54, 1.807) is 6.92 Å². The summed E-state index contributed by atoms with van der Waals surface area (Å²) in [6, 6.07) is 0. The van der Waals surface area contributed by atoms with Crippen LogP contribution in [0.5, 0.6) is 0 Å². The highest BCUT2D eigenvalue weighted by Crippen LogP contribution is 2.53. The third-order valence-electron chi connectivity index (χ3n) is 3.70. The highest BCUT2D eigenvalue weighted by molar-refractivity contribution is 14.1. The number of nitrogens with zero attached hydrogens (tertiary/aromatic N) is 2. The quantitative estimate of drug-likeness (QED) is 0.589. The molecule has 1 spiro atoms. The maximum absolute atomic E-state index is 11.5. The Morgan fingerprint density at radius 2 is 2.20 bits per heavy atom. The molecule has 0 aromatic carbocycles. The zero-order chi connectivity index (χ0) is 10.6. The van der Waals surface area contributed by atoms with E-state index in [0.717, 1.165) is 22.2 Å². The fourth-order valence-electron chi connectivity index (χ4n) is 2.56. The number of aromatic nitrogens is 2. The zero-order valence-electron chi connectivity index (χ0n) is 8.72. The summed E-state index contributed by atoms with van der Waals surface area (Å²) in [5.41, 5.74) is 2.59. The van der Waals surface area contributed by atoms with Gasteiger partial charge in [-0.1, -0.05) is 0 Å². The van der Waals surface area contributed by atoms with Crippen LogP contribution in [0.3, 0.4) is 0 Å². The van der Waals surface area contributed by atoms with Crippen LogP contribution in [0, 0.1) is 9.12 Å². The number of rotatable bonds is 1. The average molecular weight is 316 g/mol. The SMILES string of the molecule is CC(=O)c1c(I)nn2c1CCC1(CC1)C2. The number of hydrogen-bond acceptors (Lipinski definition) is 2. The Hall–Kier alpha value is -0.390. The largest absolute Gasteiger partial charge is 0.294 e. The van der Waals surface area contributed by atoms with Crippen molar-refractivity contribution in [3.63, 3.8) is 0 Å². The molecule has 4 heteroatoms. The molecule has 15 heavy (non-hydrogen) atoms. The fourth-order valence-corrected chi connectivity index (χ4v) is 3.51. The summed E-state index contributed by atoms with van der Waals surface area (Å²) in [6.45, 7) is 2.67. The molecule has 2 heterocycles. The van der Waals surface area contributed by atoms with E-state index in [2.05, 4.69) is 32.4 Å². The van der Waals surface area contributed by atoms with Crippen molar-refractivity contribution in [3.05, 3.63) is 15.0 Å². The maximum Gasteiger partial charge on any atom is 0.164 e. The molecule has 0 amide bonds. The van der Waals surface area contributed by atoms with Gasteiger partial charge in [0, 0.05) is 6.54 Å². The van der Waals surface area contributed by atoms with E-state index in [9.17, 15) is 4.79 Å². The van der Waals surface area contributed by atoms with E-state index >= 15 is 0 Å². The molecule has 0 atom stereocenters. The molecule has 0 N–H and O–H groups in total. The van der Waals surface area contributed by atoms with Crippen LogP contribution in [0.2, 0.25) is 0 Å². The summed E-state index contributed by atoms with van der Waals surface area (Å²) in [7, 11) is 0. The van der Waals surface area contributed by atoms with Crippen LogP contribution in [0.15, 0.2) is 0 Å². The molecule has 1 aliphatic carbocycles. The molecule has 1 aromatic heterocycles. The van der Waals surface area contributed by atoms with Crippen LogP contribution < -0.4 is 0 Å². The number of Topliss-reactive ketones (excluding diaryl/α,β-unsaturated/α-hetero) is 1. The van der Waals surface area contributed by atoms with Crippen molar-refractivity contribution in [2.45, 2.75) is 39.2 Å². The van der Waals surface area contributed by atoms with Crippen LogP contribution in [0.4, 0.5) is 0 Å². The lowest BCUT2D eigenvalue weighted by atomic mass is 9.93. The first-order chi connectivity index (χ1) is 7.11. The molecule has 80 valence electrons. The minimum atomic E-state index is 0.160. The van der Waals surface area contributed by atoms with Gasteiger partial charge in [0.1, 0.15) is 3.70 Å². The fraction of sp³-hybridized carbons (Fsp3) is 0.636. The van der Waals surface area contributed by atoms with Gasteiger partial charge in [-0.15, -0.1) is 0 Å². The van der Waals surface area contributed by atoms with Crippen molar-refractivity contribution in [1.29, 1.82) is 0 Å². The van der Waals surface area contributed by atoms with Crippen LogP contribution in [0.25, 0.3) is 0 Å². The van der Waals surface area contributed by atoms with Gasteiger partial charge in [0.25, 0.3) is 0 Å². The molecule has 1 saturated carbocycles. The lowest BCUT2D eigenvalue weighted by Crippen LogP contribution is -2.22. The summed E-state index contributed by atoms with van der Waals surface area (Å²) in [4.78, 5) is 11.5. The first kappa shape index (κ1) is 9.81. The maximum atomic E-state index is 11.5. The monoisotopic (exact) mass is 316 g/mol. The van der Waals surface area contributed by atoms with Gasteiger partial charge in [-0.25, -0.2) is 0 Å². The number of halogens is 1. The number of hydrogen-bond donors (Lipinski definition) is 0. The molecule has 2 aliphatic rings. The van der Waals surface area contributed by atoms with E-state index in [0.29, 0.717) is 5.41 Å². The van der Waals surface area contributed by atoms with E-state index in [1.807, 2.05) is 0 Å². The Bertz CT molecular complexity index is 446. The van der Waals surface area contributed by atoms with E-state index in [-0.39, 0.29) is 5.78 Å². The van der Waals surface area contributed by atoms with Gasteiger partial charge in [0.15, 0.2) is 5.78 Å². The first-order valence-electron chi connectivity index (χ1n) is 5.37. The lowest BCUT2D eigenvalue weighted by Gasteiger charge is -2.23. The second-order valence-corrected chi connectivity index (χ2v) is 5.85. The standard InChI is InChI=1S/C11H13IN2O/c1-7(15)9-8-2-3-11(4-5-11)6-14(8)13-10(9)12/h2-6H2,1H3. The number of carbonyl (C=O) groups is 1. The zero-order valence-corrected chi connectivity index (χ0v) is 10.9. The van der Waals surface area contributed by atoms with Crippen molar-refractivity contribution in [1.82, 2.24) is 9.78 Å². The normalized spacial score (nSPS) is 21.5. The Morgan fingerprint density at radius 1 is 1.47 bits per heavy atom. The molecular weight excluding hydrogens is 303 g/mol. The van der Waals surface area contributed by atoms with Gasteiger partial charge in [-0.3, -0.25) is 9.48 Å². The Labute approximate surface area is 102 Å². The second kappa shape index (κ2) is 3.06. The van der Waals surface area contributed by atoms with E-state index in [4.69, 9.17) is 0 Å². The molecule has 3 rings (SSSR count). The minimum absolute atomic E-state index is 0.160. The summed E-state index contributed by atoms with van der Waals surface area (Å²) in [5, 5.41) is 4.49. The highest BCUT2D eigenvalue weighted by Gasteiger charge is 2.46. The van der Waals surface area contributed by atoms with E-state index in [1.165, 1.54) is 25.0 Å². The van der Waals surface area contributed by atoms with Crippen LogP contribution in [0.1, 0.15) is 42.2 Å². The Balaban J connectivity index is 2.06. The Kier molecular flexibility index (Phi) is 2.00. The molecule has 0 radical (unpaired) electrons. The van der Waals surface area contributed by atoms with Crippen molar-refractivity contribution in [3.8, 4) is 0 Å². The molecule has 0 unspecified atom stereocenters. The molecular formula is C11H13IN2O. The van der Waals surface area contributed by atoms with Crippen molar-refractivity contribution in [2.75, 3.05) is 0 Å². The number of carbonyl (C=O) groups excluding carboxylic acids is 1. The molecule has 1 fully saturated rings. The van der Waals surface area contributed by atoms with Gasteiger partial charge >= 0.3 is 0 Å². The van der Waals surface area contributed by atoms with Crippen molar-refractivity contribution in [2.24, 2.45) is 5.41 Å². The predicted octanol–water partition coefficient (Wildman–Crippen LogP) is 2.42. The summed E-state index contributed by atoms with van der Waals surface area (Å²) in [5.74, 6) is 0.160. The first-order valence-corrected chi connectivity index (χ1v) is 6.45. The lowest BCUT2D eigenvalue weighted by molar-refractivity contribution is 0.101.